The molecule has 0 aliphatic heterocycles. The highest BCUT2D eigenvalue weighted by Gasteiger charge is 2.18. The molecule has 0 fully saturated rings. The Morgan fingerprint density at radius 2 is 0.566 bits per heavy atom. The number of carbonyl (C=O) groups excluding carboxylic acids is 2. The monoisotopic (exact) mass is 1170 g/mol. The van der Waals surface area contributed by atoms with E-state index in [4.69, 9.17) is 4.74 Å². The zero-order valence-corrected chi connectivity index (χ0v) is 56.5. The number of esters is 1. The van der Waals surface area contributed by atoms with Gasteiger partial charge in [0.2, 0.25) is 5.91 Å². The van der Waals surface area contributed by atoms with Gasteiger partial charge in [0, 0.05) is 12.8 Å². The van der Waals surface area contributed by atoms with Crippen molar-refractivity contribution in [3.05, 3.63) is 24.3 Å². The molecule has 0 aromatic rings. The molecule has 1 amide bonds. The largest absolute Gasteiger partial charge is 0.466 e. The lowest BCUT2D eigenvalue weighted by Crippen LogP contribution is -2.45. The zero-order valence-electron chi connectivity index (χ0n) is 56.5. The van der Waals surface area contributed by atoms with Crippen LogP contribution in [-0.4, -0.2) is 47.4 Å². The summed E-state index contributed by atoms with van der Waals surface area (Å²) in [7, 11) is 0. The number of ether oxygens (including phenoxy) is 1. The van der Waals surface area contributed by atoms with Gasteiger partial charge in [0.05, 0.1) is 25.4 Å². The van der Waals surface area contributed by atoms with Crippen molar-refractivity contribution in [2.24, 2.45) is 0 Å². The smallest absolute Gasteiger partial charge is 0.305 e. The van der Waals surface area contributed by atoms with Crippen LogP contribution in [0.3, 0.4) is 0 Å². The Kier molecular flexibility index (Phi) is 71.4. The third-order valence-corrected chi connectivity index (χ3v) is 18.0. The second-order valence-electron chi connectivity index (χ2n) is 26.3. The van der Waals surface area contributed by atoms with Gasteiger partial charge in [0.15, 0.2) is 0 Å². The first kappa shape index (κ1) is 81.3. The van der Waals surface area contributed by atoms with Crippen molar-refractivity contribution < 1.29 is 24.5 Å². The number of carbonyl (C=O) groups is 2. The maximum Gasteiger partial charge on any atom is 0.305 e. The lowest BCUT2D eigenvalue weighted by Gasteiger charge is -2.20. The van der Waals surface area contributed by atoms with Crippen LogP contribution in [0.4, 0.5) is 0 Å². The highest BCUT2D eigenvalue weighted by Crippen LogP contribution is 2.19. The molecule has 0 heterocycles. The van der Waals surface area contributed by atoms with Gasteiger partial charge in [-0.2, -0.15) is 0 Å². The fraction of sp³-hybridized carbons (Fsp3) is 0.922. The van der Waals surface area contributed by atoms with Crippen LogP contribution in [0.15, 0.2) is 24.3 Å². The summed E-state index contributed by atoms with van der Waals surface area (Å²) in [5, 5.41) is 23.2. The fourth-order valence-corrected chi connectivity index (χ4v) is 12.2. The second kappa shape index (κ2) is 72.8. The summed E-state index contributed by atoms with van der Waals surface area (Å²) in [4.78, 5) is 24.6. The first-order valence-corrected chi connectivity index (χ1v) is 38.1. The van der Waals surface area contributed by atoms with E-state index in [2.05, 4.69) is 31.3 Å². The molecule has 2 unspecified atom stereocenters. The third-order valence-electron chi connectivity index (χ3n) is 18.0. The quantitative estimate of drug-likeness (QED) is 0.0320. The average molecular weight is 1170 g/mol. The summed E-state index contributed by atoms with van der Waals surface area (Å²) >= 11 is 0. The molecule has 6 heteroatoms. The van der Waals surface area contributed by atoms with Gasteiger partial charge in [0.25, 0.3) is 0 Å². The van der Waals surface area contributed by atoms with Crippen LogP contribution < -0.4 is 5.32 Å². The number of allylic oxidation sites excluding steroid dienone is 3. The van der Waals surface area contributed by atoms with Crippen LogP contribution in [0.25, 0.3) is 0 Å². The molecule has 0 aliphatic carbocycles. The zero-order chi connectivity index (χ0) is 59.9. The van der Waals surface area contributed by atoms with Gasteiger partial charge < -0.3 is 20.3 Å². The molecule has 2 atom stereocenters. The third kappa shape index (κ3) is 69.3. The van der Waals surface area contributed by atoms with E-state index in [1.54, 1.807) is 6.08 Å². The minimum Gasteiger partial charge on any atom is -0.466 e. The molecular weight excluding hydrogens is 1020 g/mol. The number of nitrogens with one attached hydrogen (secondary N) is 1. The molecule has 0 rings (SSSR count). The minimum absolute atomic E-state index is 0.0231. The van der Waals surface area contributed by atoms with E-state index in [-0.39, 0.29) is 18.5 Å². The summed E-state index contributed by atoms with van der Waals surface area (Å²) in [5.74, 6) is -0.0396. The minimum atomic E-state index is -0.843. The number of unbranched alkanes of at least 4 members (excludes halogenated alkanes) is 59. The lowest BCUT2D eigenvalue weighted by molar-refractivity contribution is -0.143. The van der Waals surface area contributed by atoms with E-state index >= 15 is 0 Å². The molecule has 6 nitrogen and oxygen atoms in total. The van der Waals surface area contributed by atoms with Crippen LogP contribution in [0.1, 0.15) is 431 Å². The Bertz CT molecular complexity index is 1300. The summed E-state index contributed by atoms with van der Waals surface area (Å²) < 4.78 is 5.52. The number of aliphatic hydroxyl groups is 2. The molecular formula is C77H149NO5. The Morgan fingerprint density at radius 3 is 0.855 bits per heavy atom. The van der Waals surface area contributed by atoms with E-state index in [0.717, 1.165) is 38.5 Å². The van der Waals surface area contributed by atoms with Crippen molar-refractivity contribution in [1.29, 1.82) is 0 Å². The summed E-state index contributed by atoms with van der Waals surface area (Å²) in [5.41, 5.74) is 0. The molecule has 0 aromatic carbocycles. The lowest BCUT2D eigenvalue weighted by atomic mass is 10.0. The molecule has 0 radical (unpaired) electrons. The second-order valence-corrected chi connectivity index (χ2v) is 26.3. The molecule has 0 aromatic heterocycles. The normalized spacial score (nSPS) is 12.6. The molecule has 492 valence electrons. The number of hydrogen-bond donors (Lipinski definition) is 3. The average Bonchev–Trinajstić information content (AvgIpc) is 3.49. The van der Waals surface area contributed by atoms with Crippen molar-refractivity contribution in [2.45, 2.75) is 443 Å². The highest BCUT2D eigenvalue weighted by molar-refractivity contribution is 5.76. The van der Waals surface area contributed by atoms with Crippen LogP contribution in [0, 0.1) is 0 Å². The van der Waals surface area contributed by atoms with Gasteiger partial charge >= 0.3 is 5.97 Å². The van der Waals surface area contributed by atoms with Gasteiger partial charge in [-0.05, 0) is 57.8 Å². The summed E-state index contributed by atoms with van der Waals surface area (Å²) in [6.45, 7) is 4.95. The van der Waals surface area contributed by atoms with Crippen molar-refractivity contribution in [3.8, 4) is 0 Å². The van der Waals surface area contributed by atoms with Gasteiger partial charge in [-0.1, -0.05) is 385 Å². The van der Waals surface area contributed by atoms with Crippen molar-refractivity contribution in [1.82, 2.24) is 5.32 Å². The summed E-state index contributed by atoms with van der Waals surface area (Å²) in [6, 6.07) is -0.626. The van der Waals surface area contributed by atoms with E-state index in [1.807, 2.05) is 6.08 Å². The Morgan fingerprint density at radius 1 is 0.325 bits per heavy atom. The number of hydrogen-bond acceptors (Lipinski definition) is 5. The molecule has 0 aliphatic rings. The Labute approximate surface area is 520 Å². The van der Waals surface area contributed by atoms with Crippen LogP contribution in [-0.2, 0) is 14.3 Å². The van der Waals surface area contributed by atoms with Gasteiger partial charge in [-0.25, -0.2) is 0 Å². The van der Waals surface area contributed by atoms with Crippen molar-refractivity contribution in [2.75, 3.05) is 13.2 Å². The maximum atomic E-state index is 12.5. The molecule has 0 saturated carbocycles. The van der Waals surface area contributed by atoms with Crippen LogP contribution in [0.2, 0.25) is 0 Å². The standard InChI is InChI=1S/C77H149NO5/c1-3-5-7-9-11-13-15-17-19-21-35-39-43-47-51-55-59-63-67-71-77(82)83-72-68-64-60-56-52-48-44-40-37-34-32-30-28-26-24-22-23-25-27-29-31-33-36-38-42-46-50-54-58-62-66-70-76(81)78-74(73-79)75(80)69-65-61-57-53-49-45-41-20-18-16-14-12-10-8-6-4-2/h24,26,65,69,74-75,79-80H,3-23,25,27-64,66-68,70-73H2,1-2H3,(H,78,81)/b26-24-,69-65+. The topological polar surface area (TPSA) is 95.9 Å². The number of aliphatic hydroxyl groups excluding tert-OH is 2. The van der Waals surface area contributed by atoms with Gasteiger partial charge in [-0.15, -0.1) is 0 Å². The Hall–Kier alpha value is -1.66. The molecule has 0 saturated heterocycles. The Balaban J connectivity index is 3.35. The molecule has 0 spiro atoms. The van der Waals surface area contributed by atoms with E-state index in [0.29, 0.717) is 19.4 Å². The fourth-order valence-electron chi connectivity index (χ4n) is 12.2. The van der Waals surface area contributed by atoms with Crippen molar-refractivity contribution >= 4 is 11.9 Å². The van der Waals surface area contributed by atoms with E-state index < -0.39 is 12.1 Å². The number of rotatable bonds is 72. The van der Waals surface area contributed by atoms with Gasteiger partial charge in [0.1, 0.15) is 0 Å². The first-order valence-electron chi connectivity index (χ1n) is 38.1. The van der Waals surface area contributed by atoms with Crippen LogP contribution >= 0.6 is 0 Å². The van der Waals surface area contributed by atoms with Crippen molar-refractivity contribution in [3.63, 3.8) is 0 Å². The molecule has 83 heavy (non-hydrogen) atoms. The van der Waals surface area contributed by atoms with E-state index in [9.17, 15) is 19.8 Å². The first-order chi connectivity index (χ1) is 41.0. The predicted octanol–water partition coefficient (Wildman–Crippen LogP) is 24.9. The molecule has 3 N–H and O–H groups in total. The molecule has 0 bridgehead atoms. The predicted molar refractivity (Wildman–Crippen MR) is 366 cm³/mol. The SMILES string of the molecule is CCCCCCCCCCCCCCCC/C=C/C(O)C(CO)NC(=O)CCCCCCCCCCCCCCCCC/C=C\CCCCCCCCCCCCCCOC(=O)CCCCCCCCCCCCCCCCCCCCC. The maximum absolute atomic E-state index is 12.5. The van der Waals surface area contributed by atoms with E-state index in [1.165, 1.54) is 366 Å². The highest BCUT2D eigenvalue weighted by atomic mass is 16.5. The van der Waals surface area contributed by atoms with Crippen LogP contribution in [0.5, 0.6) is 0 Å². The summed E-state index contributed by atoms with van der Waals surface area (Å²) in [6.07, 6.45) is 92.9. The van der Waals surface area contributed by atoms with Gasteiger partial charge in [-0.3, -0.25) is 9.59 Å². The number of amides is 1.